The molecule has 0 amide bonds. The van der Waals surface area contributed by atoms with Crippen LogP contribution in [0.25, 0.3) is 0 Å². The summed E-state index contributed by atoms with van der Waals surface area (Å²) in [5.74, 6) is 0.391. The number of rotatable bonds is 2. The molecule has 0 saturated carbocycles. The van der Waals surface area contributed by atoms with E-state index in [0.717, 1.165) is 11.3 Å². The van der Waals surface area contributed by atoms with Crippen molar-refractivity contribution in [3.63, 3.8) is 0 Å². The molecule has 54 valence electrons. The predicted octanol–water partition coefficient (Wildman–Crippen LogP) is 2.09. The summed E-state index contributed by atoms with van der Waals surface area (Å²) in [7, 11) is 0. The van der Waals surface area contributed by atoms with Crippen molar-refractivity contribution in [2.24, 2.45) is 0 Å². The van der Waals surface area contributed by atoms with E-state index in [4.69, 9.17) is 0 Å². The van der Waals surface area contributed by atoms with Crippen LogP contribution in [0.4, 0.5) is 0 Å². The summed E-state index contributed by atoms with van der Waals surface area (Å²) >= 11 is 0. The van der Waals surface area contributed by atoms with Gasteiger partial charge in [0.15, 0.2) is 0 Å². The summed E-state index contributed by atoms with van der Waals surface area (Å²) in [6.45, 7) is 7.99. The molecule has 0 radical (unpaired) electrons. The summed E-state index contributed by atoms with van der Waals surface area (Å²) in [6, 6.07) is 1.97. The zero-order valence-electron chi connectivity index (χ0n) is 6.39. The first-order valence-corrected chi connectivity index (χ1v) is 3.36. The molecule has 2 heteroatoms. The third-order valence-electron chi connectivity index (χ3n) is 1.73. The fourth-order valence-electron chi connectivity index (χ4n) is 0.773. The van der Waals surface area contributed by atoms with Gasteiger partial charge < -0.3 is 0 Å². The van der Waals surface area contributed by atoms with Gasteiger partial charge in [0.25, 0.3) is 0 Å². The first-order valence-electron chi connectivity index (χ1n) is 3.36. The lowest BCUT2D eigenvalue weighted by atomic mass is 10.0. The molecule has 0 aliphatic carbocycles. The first kappa shape index (κ1) is 7.06. The Morgan fingerprint density at radius 1 is 1.80 bits per heavy atom. The zero-order valence-corrected chi connectivity index (χ0v) is 6.39. The van der Waals surface area contributed by atoms with Crippen LogP contribution in [-0.4, -0.2) is 10.2 Å². The maximum atomic E-state index is 3.86. The second-order valence-electron chi connectivity index (χ2n) is 2.58. The standard InChI is InChI=1S/C8H12N2/c1-6(2)7(3)8-4-5-9-10-8/h4-5,7H,1H2,2-3H3,(H,9,10). The Morgan fingerprint density at radius 2 is 2.50 bits per heavy atom. The second-order valence-corrected chi connectivity index (χ2v) is 2.58. The highest BCUT2D eigenvalue weighted by atomic mass is 15.1. The smallest absolute Gasteiger partial charge is 0.0490 e. The van der Waals surface area contributed by atoms with Crippen molar-refractivity contribution < 1.29 is 0 Å². The van der Waals surface area contributed by atoms with Crippen LogP contribution in [0.5, 0.6) is 0 Å². The zero-order chi connectivity index (χ0) is 7.56. The average Bonchev–Trinajstić information content (AvgIpc) is 2.36. The maximum absolute atomic E-state index is 3.86. The largest absolute Gasteiger partial charge is 0.282 e. The van der Waals surface area contributed by atoms with Gasteiger partial charge in [-0.3, -0.25) is 5.10 Å². The normalized spacial score (nSPS) is 13.0. The third-order valence-corrected chi connectivity index (χ3v) is 1.73. The molecule has 0 aliphatic heterocycles. The molecular weight excluding hydrogens is 124 g/mol. The van der Waals surface area contributed by atoms with Gasteiger partial charge in [-0.1, -0.05) is 19.1 Å². The summed E-state index contributed by atoms with van der Waals surface area (Å²) < 4.78 is 0. The van der Waals surface area contributed by atoms with Crippen LogP contribution in [-0.2, 0) is 0 Å². The number of H-pyrrole nitrogens is 1. The van der Waals surface area contributed by atoms with Crippen molar-refractivity contribution in [3.8, 4) is 0 Å². The molecule has 0 spiro atoms. The summed E-state index contributed by atoms with van der Waals surface area (Å²) in [6.07, 6.45) is 1.76. The molecule has 1 rings (SSSR count). The lowest BCUT2D eigenvalue weighted by molar-refractivity contribution is 0.838. The van der Waals surface area contributed by atoms with Crippen molar-refractivity contribution in [1.82, 2.24) is 10.2 Å². The van der Waals surface area contributed by atoms with Gasteiger partial charge in [0.1, 0.15) is 0 Å². The van der Waals surface area contributed by atoms with E-state index >= 15 is 0 Å². The number of nitrogens with zero attached hydrogens (tertiary/aromatic N) is 1. The molecule has 1 heterocycles. The van der Waals surface area contributed by atoms with Crippen LogP contribution in [0, 0.1) is 0 Å². The number of aromatic amines is 1. The second kappa shape index (κ2) is 2.69. The molecule has 0 fully saturated rings. The monoisotopic (exact) mass is 136 g/mol. The number of hydrogen-bond acceptors (Lipinski definition) is 1. The number of hydrogen-bond donors (Lipinski definition) is 1. The van der Waals surface area contributed by atoms with Gasteiger partial charge in [-0.25, -0.2) is 0 Å². The van der Waals surface area contributed by atoms with Gasteiger partial charge in [0.05, 0.1) is 0 Å². The number of nitrogens with one attached hydrogen (secondary N) is 1. The molecule has 0 bridgehead atoms. The lowest BCUT2D eigenvalue weighted by Gasteiger charge is -2.06. The molecule has 0 aromatic carbocycles. The summed E-state index contributed by atoms with van der Waals surface area (Å²) in [5.41, 5.74) is 2.29. The van der Waals surface area contributed by atoms with E-state index in [-0.39, 0.29) is 0 Å². The molecule has 10 heavy (non-hydrogen) atoms. The molecule has 1 atom stereocenters. The van der Waals surface area contributed by atoms with E-state index in [2.05, 4.69) is 23.7 Å². The molecule has 1 aromatic rings. The third kappa shape index (κ3) is 1.26. The Bertz CT molecular complexity index is 211. The Hall–Kier alpha value is -1.05. The van der Waals surface area contributed by atoms with Crippen LogP contribution in [0.2, 0.25) is 0 Å². The van der Waals surface area contributed by atoms with Crippen molar-refractivity contribution in [2.75, 3.05) is 0 Å². The molecule has 1 N–H and O–H groups in total. The van der Waals surface area contributed by atoms with Gasteiger partial charge in [-0.05, 0) is 13.0 Å². The van der Waals surface area contributed by atoms with Gasteiger partial charge >= 0.3 is 0 Å². The molecular formula is C8H12N2. The van der Waals surface area contributed by atoms with Gasteiger partial charge in [0.2, 0.25) is 0 Å². The van der Waals surface area contributed by atoms with Crippen LogP contribution < -0.4 is 0 Å². The average molecular weight is 136 g/mol. The van der Waals surface area contributed by atoms with E-state index in [1.807, 2.05) is 13.0 Å². The van der Waals surface area contributed by atoms with Crippen molar-refractivity contribution in [2.45, 2.75) is 19.8 Å². The minimum atomic E-state index is 0.391. The van der Waals surface area contributed by atoms with Crippen molar-refractivity contribution in [3.05, 3.63) is 30.1 Å². The SMILES string of the molecule is C=C(C)C(C)c1ccn[nH]1. The maximum Gasteiger partial charge on any atom is 0.0490 e. The Kier molecular flexibility index (Phi) is 1.90. The molecule has 0 saturated heterocycles. The van der Waals surface area contributed by atoms with Gasteiger partial charge in [0, 0.05) is 17.8 Å². The van der Waals surface area contributed by atoms with E-state index < -0.39 is 0 Å². The lowest BCUT2D eigenvalue weighted by Crippen LogP contribution is -1.93. The van der Waals surface area contributed by atoms with E-state index in [9.17, 15) is 0 Å². The highest BCUT2D eigenvalue weighted by Gasteiger charge is 2.05. The highest BCUT2D eigenvalue weighted by Crippen LogP contribution is 2.18. The highest BCUT2D eigenvalue weighted by molar-refractivity contribution is 5.16. The van der Waals surface area contributed by atoms with E-state index in [1.165, 1.54) is 0 Å². The van der Waals surface area contributed by atoms with Crippen molar-refractivity contribution >= 4 is 0 Å². The Balaban J connectivity index is 2.77. The van der Waals surface area contributed by atoms with E-state index in [1.54, 1.807) is 6.20 Å². The minimum absolute atomic E-state index is 0.391. The molecule has 2 nitrogen and oxygen atoms in total. The quantitative estimate of drug-likeness (QED) is 0.619. The molecule has 1 unspecified atom stereocenters. The van der Waals surface area contributed by atoms with Gasteiger partial charge in [-0.15, -0.1) is 0 Å². The van der Waals surface area contributed by atoms with Crippen LogP contribution >= 0.6 is 0 Å². The fourth-order valence-corrected chi connectivity index (χ4v) is 0.773. The summed E-state index contributed by atoms with van der Waals surface area (Å²) in [5, 5.41) is 6.77. The predicted molar refractivity (Wildman–Crippen MR) is 41.8 cm³/mol. The van der Waals surface area contributed by atoms with Crippen LogP contribution in [0.1, 0.15) is 25.5 Å². The molecule has 1 aromatic heterocycles. The Labute approximate surface area is 61.0 Å². The van der Waals surface area contributed by atoms with Crippen molar-refractivity contribution in [1.29, 1.82) is 0 Å². The topological polar surface area (TPSA) is 28.7 Å². The van der Waals surface area contributed by atoms with Gasteiger partial charge in [-0.2, -0.15) is 5.10 Å². The first-order chi connectivity index (χ1) is 4.72. The molecule has 0 aliphatic rings. The number of aromatic nitrogens is 2. The van der Waals surface area contributed by atoms with E-state index in [0.29, 0.717) is 5.92 Å². The Morgan fingerprint density at radius 3 is 2.90 bits per heavy atom. The minimum Gasteiger partial charge on any atom is -0.282 e. The van der Waals surface area contributed by atoms with Crippen LogP contribution in [0.3, 0.4) is 0 Å². The fraction of sp³-hybridized carbons (Fsp3) is 0.375. The number of allylic oxidation sites excluding steroid dienone is 1. The van der Waals surface area contributed by atoms with Crippen LogP contribution in [0.15, 0.2) is 24.4 Å². The summed E-state index contributed by atoms with van der Waals surface area (Å²) in [4.78, 5) is 0.